The van der Waals surface area contributed by atoms with Crippen molar-refractivity contribution in [3.63, 3.8) is 0 Å². The van der Waals surface area contributed by atoms with E-state index in [1.54, 1.807) is 0 Å². The summed E-state index contributed by atoms with van der Waals surface area (Å²) in [6, 6.07) is 8.63. The lowest BCUT2D eigenvalue weighted by molar-refractivity contribution is 0.0615. The molecular formula is C25H33N3O. The summed E-state index contributed by atoms with van der Waals surface area (Å²) in [4.78, 5) is 6.69. The minimum Gasteiger partial charge on any atom is -0.381 e. The minimum absolute atomic E-state index is 0.413. The fraction of sp³-hybridized carbons (Fsp3) is 0.400. The van der Waals surface area contributed by atoms with Crippen molar-refractivity contribution in [3.05, 3.63) is 66.7 Å². The fourth-order valence-electron chi connectivity index (χ4n) is 4.21. The van der Waals surface area contributed by atoms with E-state index in [-0.39, 0.29) is 0 Å². The summed E-state index contributed by atoms with van der Waals surface area (Å²) >= 11 is 0. The van der Waals surface area contributed by atoms with Gasteiger partial charge >= 0.3 is 0 Å². The first-order chi connectivity index (χ1) is 14.1. The van der Waals surface area contributed by atoms with Gasteiger partial charge in [-0.2, -0.15) is 0 Å². The molecule has 0 atom stereocenters. The highest BCUT2D eigenvalue weighted by atomic mass is 16.5. The standard InChI is InChI=1S/C25H33N3O/c1-6-23(18-11-13-22(29-5)14-12-18)27-25-16-21-15-19(9-10-20(21)17-26-25)24(7-2)28(4)8-3/h6-10,15-18,22H,3,11-14H2,1-2,4-5H3,(H,26,27)/b23-6+,24-7-. The Bertz CT molecular complexity index is 907. The summed E-state index contributed by atoms with van der Waals surface area (Å²) in [5, 5.41) is 5.90. The van der Waals surface area contributed by atoms with Crippen LogP contribution < -0.4 is 5.32 Å². The number of pyridine rings is 1. The maximum Gasteiger partial charge on any atom is 0.130 e. The van der Waals surface area contributed by atoms with Crippen molar-refractivity contribution in [1.82, 2.24) is 9.88 Å². The minimum atomic E-state index is 0.413. The molecule has 3 rings (SSSR count). The largest absolute Gasteiger partial charge is 0.381 e. The topological polar surface area (TPSA) is 37.4 Å². The van der Waals surface area contributed by atoms with Crippen LogP contribution in [0, 0.1) is 5.92 Å². The number of rotatable bonds is 7. The molecule has 1 aliphatic carbocycles. The number of allylic oxidation sites excluding steroid dienone is 3. The Hall–Kier alpha value is -2.59. The molecular weight excluding hydrogens is 358 g/mol. The smallest absolute Gasteiger partial charge is 0.130 e. The first-order valence-electron chi connectivity index (χ1n) is 10.5. The highest BCUT2D eigenvalue weighted by Gasteiger charge is 2.23. The van der Waals surface area contributed by atoms with E-state index in [9.17, 15) is 0 Å². The number of benzene rings is 1. The lowest BCUT2D eigenvalue weighted by Crippen LogP contribution is -2.23. The molecule has 2 aromatic rings. The van der Waals surface area contributed by atoms with Crippen molar-refractivity contribution < 1.29 is 4.74 Å². The van der Waals surface area contributed by atoms with E-state index in [4.69, 9.17) is 4.74 Å². The molecule has 1 fully saturated rings. The van der Waals surface area contributed by atoms with Gasteiger partial charge in [-0.25, -0.2) is 4.98 Å². The van der Waals surface area contributed by atoms with Crippen LogP contribution >= 0.6 is 0 Å². The predicted molar refractivity (Wildman–Crippen MR) is 123 cm³/mol. The van der Waals surface area contributed by atoms with Gasteiger partial charge in [-0.1, -0.05) is 30.9 Å². The van der Waals surface area contributed by atoms with E-state index < -0.39 is 0 Å². The van der Waals surface area contributed by atoms with Crippen molar-refractivity contribution in [2.24, 2.45) is 5.92 Å². The summed E-state index contributed by atoms with van der Waals surface area (Å²) < 4.78 is 5.52. The molecule has 1 N–H and O–H groups in total. The molecule has 1 heterocycles. The van der Waals surface area contributed by atoms with Gasteiger partial charge in [0.25, 0.3) is 0 Å². The molecule has 0 unspecified atom stereocenters. The number of nitrogens with zero attached hydrogens (tertiary/aromatic N) is 2. The molecule has 1 saturated carbocycles. The van der Waals surface area contributed by atoms with E-state index in [1.807, 2.05) is 31.5 Å². The SMILES string of the molecule is C=CN(C)/C(=C\C)c1ccc2cnc(N/C(=C/C)C3CCC(OC)CC3)cc2c1. The average molecular weight is 392 g/mol. The molecule has 1 aliphatic rings. The number of fused-ring (bicyclic) bond motifs is 1. The number of hydrogen-bond donors (Lipinski definition) is 1. The summed E-state index contributed by atoms with van der Waals surface area (Å²) in [6.07, 6.45) is 13.0. The van der Waals surface area contributed by atoms with Gasteiger partial charge in [0.1, 0.15) is 5.82 Å². The van der Waals surface area contributed by atoms with Gasteiger partial charge in [0.05, 0.1) is 6.10 Å². The maximum atomic E-state index is 5.52. The average Bonchev–Trinajstić information content (AvgIpc) is 2.77. The molecule has 0 radical (unpaired) electrons. The number of anilines is 1. The van der Waals surface area contributed by atoms with E-state index in [2.05, 4.69) is 67.1 Å². The molecule has 29 heavy (non-hydrogen) atoms. The van der Waals surface area contributed by atoms with Gasteiger partial charge in [0.2, 0.25) is 0 Å². The third kappa shape index (κ3) is 4.88. The Morgan fingerprint density at radius 1 is 1.14 bits per heavy atom. The first kappa shape index (κ1) is 21.1. The van der Waals surface area contributed by atoms with Gasteiger partial charge in [-0.3, -0.25) is 0 Å². The van der Waals surface area contributed by atoms with Crippen molar-refractivity contribution >= 4 is 22.3 Å². The van der Waals surface area contributed by atoms with Crippen LogP contribution in [-0.4, -0.2) is 30.1 Å². The Morgan fingerprint density at radius 3 is 2.52 bits per heavy atom. The summed E-state index contributed by atoms with van der Waals surface area (Å²) in [6.45, 7) is 8.03. The van der Waals surface area contributed by atoms with Gasteiger partial charge in [-0.05, 0) is 74.7 Å². The zero-order valence-corrected chi connectivity index (χ0v) is 18.1. The third-order valence-corrected chi connectivity index (χ3v) is 5.98. The Labute approximate surface area is 175 Å². The van der Waals surface area contributed by atoms with E-state index in [1.165, 1.54) is 16.6 Å². The zero-order valence-electron chi connectivity index (χ0n) is 18.1. The quantitative estimate of drug-likeness (QED) is 0.610. The Balaban J connectivity index is 1.82. The van der Waals surface area contributed by atoms with Crippen LogP contribution in [0.15, 0.2) is 61.1 Å². The molecule has 0 bridgehead atoms. The van der Waals surface area contributed by atoms with E-state index in [0.29, 0.717) is 12.0 Å². The summed E-state index contributed by atoms with van der Waals surface area (Å²) in [5.74, 6) is 1.45. The number of methoxy groups -OCH3 is 1. The third-order valence-electron chi connectivity index (χ3n) is 5.98. The van der Waals surface area contributed by atoms with Crippen molar-refractivity contribution in [2.45, 2.75) is 45.6 Å². The summed E-state index contributed by atoms with van der Waals surface area (Å²) in [7, 11) is 3.84. The summed E-state index contributed by atoms with van der Waals surface area (Å²) in [5.41, 5.74) is 3.57. The van der Waals surface area contributed by atoms with E-state index >= 15 is 0 Å². The molecule has 1 aromatic carbocycles. The predicted octanol–water partition coefficient (Wildman–Crippen LogP) is 6.19. The number of aromatic nitrogens is 1. The molecule has 4 nitrogen and oxygen atoms in total. The lowest BCUT2D eigenvalue weighted by Gasteiger charge is -2.29. The molecule has 0 aliphatic heterocycles. The van der Waals surface area contributed by atoms with Gasteiger partial charge < -0.3 is 15.0 Å². The van der Waals surface area contributed by atoms with Crippen molar-refractivity contribution in [2.75, 3.05) is 19.5 Å². The van der Waals surface area contributed by atoms with Crippen LogP contribution in [0.2, 0.25) is 0 Å². The second-order valence-electron chi connectivity index (χ2n) is 7.68. The molecule has 0 amide bonds. The monoisotopic (exact) mass is 391 g/mol. The number of hydrogen-bond acceptors (Lipinski definition) is 4. The highest BCUT2D eigenvalue weighted by molar-refractivity contribution is 5.87. The van der Waals surface area contributed by atoms with Crippen molar-refractivity contribution in [1.29, 1.82) is 0 Å². The van der Waals surface area contributed by atoms with Crippen LogP contribution in [0.25, 0.3) is 16.5 Å². The highest BCUT2D eigenvalue weighted by Crippen LogP contribution is 2.32. The molecule has 0 spiro atoms. The second kappa shape index (κ2) is 9.75. The zero-order chi connectivity index (χ0) is 20.8. The Morgan fingerprint density at radius 2 is 1.90 bits per heavy atom. The van der Waals surface area contributed by atoms with Gasteiger partial charge in [0, 0.05) is 37.1 Å². The van der Waals surface area contributed by atoms with Crippen LogP contribution in [0.4, 0.5) is 5.82 Å². The molecule has 154 valence electrons. The number of ether oxygens (including phenoxy) is 1. The number of nitrogens with one attached hydrogen (secondary N) is 1. The van der Waals surface area contributed by atoms with Crippen LogP contribution in [0.1, 0.15) is 45.1 Å². The molecule has 1 aromatic heterocycles. The van der Waals surface area contributed by atoms with E-state index in [0.717, 1.165) is 42.6 Å². The first-order valence-corrected chi connectivity index (χ1v) is 10.5. The van der Waals surface area contributed by atoms with Crippen LogP contribution in [-0.2, 0) is 4.74 Å². The second-order valence-corrected chi connectivity index (χ2v) is 7.68. The maximum absolute atomic E-state index is 5.52. The van der Waals surface area contributed by atoms with Crippen LogP contribution in [0.5, 0.6) is 0 Å². The molecule has 4 heteroatoms. The lowest BCUT2D eigenvalue weighted by atomic mass is 9.85. The van der Waals surface area contributed by atoms with Gasteiger partial charge in [-0.15, -0.1) is 0 Å². The normalized spacial score (nSPS) is 20.6. The Kier molecular flexibility index (Phi) is 7.10. The fourth-order valence-corrected chi connectivity index (χ4v) is 4.21. The molecule has 0 saturated heterocycles. The van der Waals surface area contributed by atoms with Crippen LogP contribution in [0.3, 0.4) is 0 Å². The van der Waals surface area contributed by atoms with Crippen molar-refractivity contribution in [3.8, 4) is 0 Å². The van der Waals surface area contributed by atoms with Gasteiger partial charge in [0.15, 0.2) is 0 Å².